The van der Waals surface area contributed by atoms with E-state index >= 15 is 0 Å². The van der Waals surface area contributed by atoms with Crippen molar-refractivity contribution < 1.29 is 17.6 Å². The Morgan fingerprint density at radius 3 is 1.53 bits per heavy atom. The minimum atomic E-state index is -0.906. The molecule has 0 N–H and O–H groups in total. The zero-order chi connectivity index (χ0) is 24.8. The third kappa shape index (κ3) is 6.57. The van der Waals surface area contributed by atoms with Gasteiger partial charge in [-0.05, 0) is 73.2 Å². The average Bonchev–Trinajstić information content (AvgIpc) is 2.80. The Morgan fingerprint density at radius 1 is 0.471 bits per heavy atom. The van der Waals surface area contributed by atoms with Crippen LogP contribution in [0.1, 0.15) is 44.5 Å². The zero-order valence-electron chi connectivity index (χ0n) is 19.9. The van der Waals surface area contributed by atoms with Gasteiger partial charge in [-0.25, -0.2) is 17.6 Å². The summed E-state index contributed by atoms with van der Waals surface area (Å²) in [5.41, 5.74) is 5.15. The fourth-order valence-electron chi connectivity index (χ4n) is 3.52. The third-order valence-electron chi connectivity index (χ3n) is 5.68. The van der Waals surface area contributed by atoms with Gasteiger partial charge in [-0.3, -0.25) is 0 Å². The Kier molecular flexibility index (Phi) is 8.27. The van der Waals surface area contributed by atoms with E-state index in [0.717, 1.165) is 5.56 Å². The molecule has 4 aromatic carbocycles. The molecule has 0 aliphatic rings. The molecule has 0 atom stereocenters. The number of rotatable bonds is 4. The standard InChI is InChI=1S/C22H18F4.C8H10/c1-13-3-6-16(19(23)9-13)12-17-8-5-15(11-20(17)24)10-18-7-4-14(2)21(25)22(18)26;1-7-3-5-8(2)6-4-7/h3-9,11H,10,12H2,1-2H3;3-6H,1-2H3. The van der Waals surface area contributed by atoms with Gasteiger partial charge in [0.25, 0.3) is 0 Å². The minimum absolute atomic E-state index is 0.0825. The Labute approximate surface area is 198 Å². The molecule has 0 aliphatic carbocycles. The highest BCUT2D eigenvalue weighted by Gasteiger charge is 2.13. The molecule has 0 aromatic heterocycles. The lowest BCUT2D eigenvalue weighted by molar-refractivity contribution is 0.495. The molecule has 0 fully saturated rings. The highest BCUT2D eigenvalue weighted by Crippen LogP contribution is 2.22. The summed E-state index contributed by atoms with van der Waals surface area (Å²) >= 11 is 0. The number of hydrogen-bond donors (Lipinski definition) is 0. The van der Waals surface area contributed by atoms with Crippen molar-refractivity contribution >= 4 is 0 Å². The Balaban J connectivity index is 0.000000343. The van der Waals surface area contributed by atoms with E-state index in [0.29, 0.717) is 16.7 Å². The quantitative estimate of drug-likeness (QED) is 0.266. The predicted octanol–water partition coefficient (Wildman–Crippen LogP) is 8.34. The van der Waals surface area contributed by atoms with Gasteiger partial charge in [0.2, 0.25) is 0 Å². The number of halogens is 4. The first-order valence-electron chi connectivity index (χ1n) is 11.1. The first kappa shape index (κ1) is 25.2. The van der Waals surface area contributed by atoms with E-state index in [9.17, 15) is 17.6 Å². The first-order valence-corrected chi connectivity index (χ1v) is 11.1. The smallest absolute Gasteiger partial charge is 0.162 e. The summed E-state index contributed by atoms with van der Waals surface area (Å²) in [7, 11) is 0. The predicted molar refractivity (Wildman–Crippen MR) is 130 cm³/mol. The van der Waals surface area contributed by atoms with E-state index in [1.165, 1.54) is 42.3 Å². The maximum absolute atomic E-state index is 14.4. The zero-order valence-corrected chi connectivity index (χ0v) is 19.9. The van der Waals surface area contributed by atoms with Crippen molar-refractivity contribution in [2.24, 2.45) is 0 Å². The van der Waals surface area contributed by atoms with Crippen LogP contribution in [0.25, 0.3) is 0 Å². The highest BCUT2D eigenvalue weighted by atomic mass is 19.2. The SMILES string of the molecule is Cc1ccc(C)cc1.Cc1ccc(Cc2ccc(Cc3ccc(C)c(F)c3F)cc2F)c(F)c1. The summed E-state index contributed by atoms with van der Waals surface area (Å²) < 4.78 is 56.0. The van der Waals surface area contributed by atoms with Crippen LogP contribution in [0, 0.1) is 51.0 Å². The van der Waals surface area contributed by atoms with Gasteiger partial charge in [-0.15, -0.1) is 0 Å². The van der Waals surface area contributed by atoms with E-state index in [1.807, 2.05) is 0 Å². The van der Waals surface area contributed by atoms with E-state index in [1.54, 1.807) is 31.2 Å². The third-order valence-corrected chi connectivity index (χ3v) is 5.68. The second-order valence-electron chi connectivity index (χ2n) is 8.70. The van der Waals surface area contributed by atoms with Crippen molar-refractivity contribution in [1.82, 2.24) is 0 Å². The molecule has 0 amide bonds. The molecule has 4 rings (SSSR count). The maximum Gasteiger partial charge on any atom is 0.162 e. The van der Waals surface area contributed by atoms with Gasteiger partial charge in [0.05, 0.1) is 0 Å². The van der Waals surface area contributed by atoms with E-state index < -0.39 is 17.5 Å². The number of aryl methyl sites for hydroxylation is 4. The van der Waals surface area contributed by atoms with Gasteiger partial charge in [0.1, 0.15) is 11.6 Å². The van der Waals surface area contributed by atoms with Crippen LogP contribution in [0.4, 0.5) is 17.6 Å². The van der Waals surface area contributed by atoms with Crippen molar-refractivity contribution in [1.29, 1.82) is 0 Å². The summed E-state index contributed by atoms with van der Waals surface area (Å²) in [6, 6.07) is 20.8. The van der Waals surface area contributed by atoms with Crippen molar-refractivity contribution in [3.05, 3.63) is 141 Å². The Hall–Kier alpha value is -3.40. The van der Waals surface area contributed by atoms with Crippen LogP contribution >= 0.6 is 0 Å². The Morgan fingerprint density at radius 2 is 0.971 bits per heavy atom. The van der Waals surface area contributed by atoms with Gasteiger partial charge in [0, 0.05) is 12.8 Å². The van der Waals surface area contributed by atoms with E-state index in [4.69, 9.17) is 0 Å². The van der Waals surface area contributed by atoms with Crippen LogP contribution in [0.15, 0.2) is 72.8 Å². The van der Waals surface area contributed by atoms with Crippen LogP contribution in [0.3, 0.4) is 0 Å². The van der Waals surface area contributed by atoms with Crippen LogP contribution in [-0.2, 0) is 12.8 Å². The van der Waals surface area contributed by atoms with Gasteiger partial charge in [0.15, 0.2) is 11.6 Å². The summed E-state index contributed by atoms with van der Waals surface area (Å²) in [4.78, 5) is 0. The molecule has 0 saturated carbocycles. The molecule has 0 heterocycles. The summed E-state index contributed by atoms with van der Waals surface area (Å²) in [5.74, 6) is -2.65. The summed E-state index contributed by atoms with van der Waals surface area (Å²) in [6.45, 7) is 7.47. The fourth-order valence-corrected chi connectivity index (χ4v) is 3.52. The number of benzene rings is 4. The largest absolute Gasteiger partial charge is 0.207 e. The molecule has 34 heavy (non-hydrogen) atoms. The molecule has 4 aromatic rings. The molecule has 0 radical (unpaired) electrons. The van der Waals surface area contributed by atoms with Crippen LogP contribution in [0.2, 0.25) is 0 Å². The second kappa shape index (κ2) is 11.1. The lowest BCUT2D eigenvalue weighted by atomic mass is 9.98. The normalized spacial score (nSPS) is 10.6. The molecule has 0 unspecified atom stereocenters. The molecular weight excluding hydrogens is 436 g/mol. The Bertz CT molecular complexity index is 1250. The molecule has 0 spiro atoms. The molecule has 0 nitrogen and oxygen atoms in total. The second-order valence-corrected chi connectivity index (χ2v) is 8.70. The average molecular weight is 465 g/mol. The van der Waals surface area contributed by atoms with Crippen LogP contribution in [-0.4, -0.2) is 0 Å². The lowest BCUT2D eigenvalue weighted by Gasteiger charge is -2.09. The molecule has 0 bridgehead atoms. The van der Waals surface area contributed by atoms with Crippen molar-refractivity contribution in [2.45, 2.75) is 40.5 Å². The molecule has 4 heteroatoms. The summed E-state index contributed by atoms with van der Waals surface area (Å²) in [5, 5.41) is 0. The monoisotopic (exact) mass is 464 g/mol. The first-order chi connectivity index (χ1) is 16.1. The molecule has 0 aliphatic heterocycles. The number of hydrogen-bond acceptors (Lipinski definition) is 0. The van der Waals surface area contributed by atoms with E-state index in [-0.39, 0.29) is 29.8 Å². The van der Waals surface area contributed by atoms with Crippen LogP contribution < -0.4 is 0 Å². The topological polar surface area (TPSA) is 0 Å². The van der Waals surface area contributed by atoms with Crippen molar-refractivity contribution in [3.63, 3.8) is 0 Å². The van der Waals surface area contributed by atoms with E-state index in [2.05, 4.69) is 38.1 Å². The van der Waals surface area contributed by atoms with Gasteiger partial charge < -0.3 is 0 Å². The van der Waals surface area contributed by atoms with Gasteiger partial charge >= 0.3 is 0 Å². The van der Waals surface area contributed by atoms with Crippen molar-refractivity contribution in [2.75, 3.05) is 0 Å². The highest BCUT2D eigenvalue weighted by molar-refractivity contribution is 5.35. The minimum Gasteiger partial charge on any atom is -0.207 e. The molecule has 0 saturated heterocycles. The summed E-state index contributed by atoms with van der Waals surface area (Å²) in [6.07, 6.45) is 0.213. The lowest BCUT2D eigenvalue weighted by Crippen LogP contribution is -2.01. The maximum atomic E-state index is 14.4. The molecular formula is C30H28F4. The molecule has 176 valence electrons. The van der Waals surface area contributed by atoms with Gasteiger partial charge in [-0.1, -0.05) is 71.8 Å². The fraction of sp³-hybridized carbons (Fsp3) is 0.200. The van der Waals surface area contributed by atoms with Crippen molar-refractivity contribution in [3.8, 4) is 0 Å². The van der Waals surface area contributed by atoms with Gasteiger partial charge in [-0.2, -0.15) is 0 Å². The van der Waals surface area contributed by atoms with Crippen LogP contribution in [0.5, 0.6) is 0 Å².